The first-order valence-corrected chi connectivity index (χ1v) is 6.78. The van der Waals surface area contributed by atoms with Crippen molar-refractivity contribution >= 4 is 22.5 Å². The van der Waals surface area contributed by atoms with Gasteiger partial charge in [0.1, 0.15) is 0 Å². The molecule has 0 bridgehead atoms. The van der Waals surface area contributed by atoms with Crippen molar-refractivity contribution in [3.8, 4) is 0 Å². The molecule has 21 heavy (non-hydrogen) atoms. The SMILES string of the molecule is CC(NC(=O)Nc1cccc2ccccc12)c1cn[nH]c1. The minimum absolute atomic E-state index is 0.112. The van der Waals surface area contributed by atoms with E-state index in [0.717, 1.165) is 22.0 Å². The standard InChI is InChI=1S/C16H16N4O/c1-11(13-9-17-18-10-13)19-16(21)20-15-8-4-6-12-5-2-3-7-14(12)15/h2-11H,1H3,(H,17,18)(H2,19,20,21). The Morgan fingerprint density at radius 2 is 2.00 bits per heavy atom. The molecule has 0 saturated heterocycles. The molecule has 2 aromatic carbocycles. The van der Waals surface area contributed by atoms with Crippen molar-refractivity contribution in [2.45, 2.75) is 13.0 Å². The van der Waals surface area contributed by atoms with E-state index in [9.17, 15) is 4.79 Å². The maximum Gasteiger partial charge on any atom is 0.319 e. The molecule has 0 aliphatic rings. The molecule has 1 unspecified atom stereocenters. The molecule has 0 spiro atoms. The van der Waals surface area contributed by atoms with Crippen LogP contribution in [0.1, 0.15) is 18.5 Å². The number of carbonyl (C=O) groups excluding carboxylic acids is 1. The molecule has 1 aromatic heterocycles. The van der Waals surface area contributed by atoms with Gasteiger partial charge in [-0.3, -0.25) is 5.10 Å². The highest BCUT2D eigenvalue weighted by Gasteiger charge is 2.11. The van der Waals surface area contributed by atoms with Crippen molar-refractivity contribution in [2.24, 2.45) is 0 Å². The van der Waals surface area contributed by atoms with E-state index in [2.05, 4.69) is 20.8 Å². The molecule has 1 heterocycles. The summed E-state index contributed by atoms with van der Waals surface area (Å²) in [6, 6.07) is 13.4. The van der Waals surface area contributed by atoms with Gasteiger partial charge in [0.2, 0.25) is 0 Å². The van der Waals surface area contributed by atoms with Gasteiger partial charge in [-0.2, -0.15) is 5.10 Å². The van der Waals surface area contributed by atoms with E-state index < -0.39 is 0 Å². The van der Waals surface area contributed by atoms with Crippen LogP contribution in [0.3, 0.4) is 0 Å². The van der Waals surface area contributed by atoms with Gasteiger partial charge in [-0.1, -0.05) is 36.4 Å². The number of amides is 2. The quantitative estimate of drug-likeness (QED) is 0.687. The summed E-state index contributed by atoms with van der Waals surface area (Å²) < 4.78 is 0. The zero-order valence-electron chi connectivity index (χ0n) is 11.6. The first kappa shape index (κ1) is 13.2. The van der Waals surface area contributed by atoms with E-state index >= 15 is 0 Å². The Labute approximate surface area is 122 Å². The Hall–Kier alpha value is -2.82. The Balaban J connectivity index is 1.75. The molecule has 3 rings (SSSR count). The molecule has 106 valence electrons. The van der Waals surface area contributed by atoms with Crippen molar-refractivity contribution < 1.29 is 4.79 Å². The molecule has 5 heteroatoms. The molecule has 0 radical (unpaired) electrons. The number of hydrogen-bond donors (Lipinski definition) is 3. The van der Waals surface area contributed by atoms with Gasteiger partial charge in [0.25, 0.3) is 0 Å². The summed E-state index contributed by atoms with van der Waals surface area (Å²) in [5.41, 5.74) is 1.73. The third-order valence-corrected chi connectivity index (χ3v) is 3.40. The summed E-state index contributed by atoms with van der Waals surface area (Å²) in [5, 5.41) is 14.5. The highest BCUT2D eigenvalue weighted by molar-refractivity contribution is 6.01. The lowest BCUT2D eigenvalue weighted by molar-refractivity contribution is 0.249. The lowest BCUT2D eigenvalue weighted by atomic mass is 10.1. The predicted molar refractivity (Wildman–Crippen MR) is 83.1 cm³/mol. The number of rotatable bonds is 3. The van der Waals surface area contributed by atoms with Gasteiger partial charge in [-0.05, 0) is 18.4 Å². The number of aromatic nitrogens is 2. The van der Waals surface area contributed by atoms with E-state index in [1.54, 1.807) is 12.4 Å². The van der Waals surface area contributed by atoms with Crippen molar-refractivity contribution in [1.29, 1.82) is 0 Å². The molecular weight excluding hydrogens is 264 g/mol. The summed E-state index contributed by atoms with van der Waals surface area (Å²) in [4.78, 5) is 12.1. The minimum Gasteiger partial charge on any atom is -0.331 e. The summed E-state index contributed by atoms with van der Waals surface area (Å²) in [6.07, 6.45) is 3.46. The first-order chi connectivity index (χ1) is 10.2. The van der Waals surface area contributed by atoms with Crippen LogP contribution < -0.4 is 10.6 Å². The second-order valence-corrected chi connectivity index (χ2v) is 4.88. The lowest BCUT2D eigenvalue weighted by Gasteiger charge is -2.14. The number of aromatic amines is 1. The van der Waals surface area contributed by atoms with Gasteiger partial charge in [-0.15, -0.1) is 0 Å². The van der Waals surface area contributed by atoms with Crippen LogP contribution >= 0.6 is 0 Å². The maximum atomic E-state index is 12.1. The molecule has 0 aliphatic carbocycles. The van der Waals surface area contributed by atoms with Crippen LogP contribution in [0, 0.1) is 0 Å². The number of hydrogen-bond acceptors (Lipinski definition) is 2. The van der Waals surface area contributed by atoms with E-state index in [0.29, 0.717) is 0 Å². The topological polar surface area (TPSA) is 69.8 Å². The molecular formula is C16H16N4O. The van der Waals surface area contributed by atoms with E-state index in [1.165, 1.54) is 0 Å². The zero-order chi connectivity index (χ0) is 14.7. The molecule has 0 fully saturated rings. The second-order valence-electron chi connectivity index (χ2n) is 4.88. The van der Waals surface area contributed by atoms with Crippen molar-refractivity contribution in [2.75, 3.05) is 5.32 Å². The van der Waals surface area contributed by atoms with Crippen LogP contribution in [-0.2, 0) is 0 Å². The number of urea groups is 1. The van der Waals surface area contributed by atoms with Crippen molar-refractivity contribution in [1.82, 2.24) is 15.5 Å². The summed E-state index contributed by atoms with van der Waals surface area (Å²) in [6.45, 7) is 1.91. The van der Waals surface area contributed by atoms with Crippen LogP contribution in [0.2, 0.25) is 0 Å². The van der Waals surface area contributed by atoms with Crippen molar-refractivity contribution in [3.05, 3.63) is 60.4 Å². The van der Waals surface area contributed by atoms with Crippen molar-refractivity contribution in [3.63, 3.8) is 0 Å². The number of nitrogens with zero attached hydrogens (tertiary/aromatic N) is 1. The average Bonchev–Trinajstić information content (AvgIpc) is 3.02. The van der Waals surface area contributed by atoms with Gasteiger partial charge in [0, 0.05) is 17.1 Å². The molecule has 3 N–H and O–H groups in total. The van der Waals surface area contributed by atoms with Crippen LogP contribution in [0.4, 0.5) is 10.5 Å². The highest BCUT2D eigenvalue weighted by Crippen LogP contribution is 2.23. The van der Waals surface area contributed by atoms with Gasteiger partial charge >= 0.3 is 6.03 Å². The van der Waals surface area contributed by atoms with E-state index in [4.69, 9.17) is 0 Å². The Morgan fingerprint density at radius 3 is 2.81 bits per heavy atom. The number of H-pyrrole nitrogens is 1. The molecule has 0 saturated carbocycles. The monoisotopic (exact) mass is 280 g/mol. The molecule has 2 amide bonds. The molecule has 3 aromatic rings. The number of nitrogens with one attached hydrogen (secondary N) is 3. The van der Waals surface area contributed by atoms with E-state index in [-0.39, 0.29) is 12.1 Å². The van der Waals surface area contributed by atoms with Gasteiger partial charge < -0.3 is 10.6 Å². The summed E-state index contributed by atoms with van der Waals surface area (Å²) in [7, 11) is 0. The summed E-state index contributed by atoms with van der Waals surface area (Å²) in [5.74, 6) is 0. The Bertz CT molecular complexity index is 747. The van der Waals surface area contributed by atoms with Gasteiger partial charge in [-0.25, -0.2) is 4.79 Å². The fraction of sp³-hybridized carbons (Fsp3) is 0.125. The third kappa shape index (κ3) is 2.86. The molecule has 1 atom stereocenters. The molecule has 0 aliphatic heterocycles. The first-order valence-electron chi connectivity index (χ1n) is 6.78. The average molecular weight is 280 g/mol. The van der Waals surface area contributed by atoms with E-state index in [1.807, 2.05) is 49.4 Å². The van der Waals surface area contributed by atoms with Crippen LogP contribution in [-0.4, -0.2) is 16.2 Å². The van der Waals surface area contributed by atoms with Gasteiger partial charge in [0.15, 0.2) is 0 Å². The van der Waals surface area contributed by atoms with Crippen LogP contribution in [0.5, 0.6) is 0 Å². The zero-order valence-corrected chi connectivity index (χ0v) is 11.6. The number of fused-ring (bicyclic) bond motifs is 1. The fourth-order valence-electron chi connectivity index (χ4n) is 2.27. The van der Waals surface area contributed by atoms with Crippen LogP contribution in [0.25, 0.3) is 10.8 Å². The number of benzene rings is 2. The second kappa shape index (κ2) is 5.66. The predicted octanol–water partition coefficient (Wildman–Crippen LogP) is 3.45. The Kier molecular flexibility index (Phi) is 3.55. The Morgan fingerprint density at radius 1 is 1.19 bits per heavy atom. The maximum absolute atomic E-state index is 12.1. The molecule has 5 nitrogen and oxygen atoms in total. The largest absolute Gasteiger partial charge is 0.331 e. The normalized spacial score (nSPS) is 12.0. The van der Waals surface area contributed by atoms with Crippen LogP contribution in [0.15, 0.2) is 54.9 Å². The van der Waals surface area contributed by atoms with Gasteiger partial charge in [0.05, 0.1) is 17.9 Å². The third-order valence-electron chi connectivity index (χ3n) is 3.40. The lowest BCUT2D eigenvalue weighted by Crippen LogP contribution is -2.31. The fourth-order valence-corrected chi connectivity index (χ4v) is 2.27. The smallest absolute Gasteiger partial charge is 0.319 e. The number of carbonyl (C=O) groups is 1. The minimum atomic E-state index is -0.236. The number of anilines is 1. The highest BCUT2D eigenvalue weighted by atomic mass is 16.2. The summed E-state index contributed by atoms with van der Waals surface area (Å²) >= 11 is 0.